The number of fused-ring (bicyclic) bond motifs is 1. The van der Waals surface area contributed by atoms with Gasteiger partial charge in [0.05, 0.1) is 10.9 Å². The molecule has 0 bridgehead atoms. The van der Waals surface area contributed by atoms with Gasteiger partial charge in [-0.15, -0.1) is 0 Å². The maximum Gasteiger partial charge on any atom is 0.152 e. The monoisotopic (exact) mass is 254 g/mol. The van der Waals surface area contributed by atoms with E-state index in [9.17, 15) is 13.5 Å². The fourth-order valence-electron chi connectivity index (χ4n) is 1.57. The number of nitrogens with zero attached hydrogens (tertiary/aromatic N) is 2. The largest absolute Gasteiger partial charge is 0.385 e. The molecule has 0 spiro atoms. The van der Waals surface area contributed by atoms with Gasteiger partial charge in [-0.25, -0.2) is 13.4 Å². The summed E-state index contributed by atoms with van der Waals surface area (Å²) in [7, 11) is -3.29. The average Bonchev–Trinajstić information content (AvgIpc) is 2.69. The number of aliphatic hydroxyl groups excluding tert-OH is 1. The van der Waals surface area contributed by atoms with Crippen molar-refractivity contribution >= 4 is 15.5 Å². The van der Waals surface area contributed by atoms with Gasteiger partial charge in [0, 0.05) is 18.6 Å². The third-order valence-electron chi connectivity index (χ3n) is 2.81. The first-order chi connectivity index (χ1) is 7.89. The quantitative estimate of drug-likeness (QED) is 0.879. The highest BCUT2D eigenvalue weighted by atomic mass is 32.2. The van der Waals surface area contributed by atoms with Crippen LogP contribution in [0.4, 0.5) is 0 Å². The van der Waals surface area contributed by atoms with Crippen LogP contribution in [0, 0.1) is 0 Å². The van der Waals surface area contributed by atoms with Crippen molar-refractivity contribution in [2.75, 3.05) is 6.26 Å². The Morgan fingerprint density at radius 2 is 2.12 bits per heavy atom. The summed E-state index contributed by atoms with van der Waals surface area (Å²) >= 11 is 0. The van der Waals surface area contributed by atoms with Crippen LogP contribution in [0.5, 0.6) is 0 Å². The zero-order valence-corrected chi connectivity index (χ0v) is 10.4. The maximum atomic E-state index is 11.4. The second kappa shape index (κ2) is 4.12. The van der Waals surface area contributed by atoms with Crippen LogP contribution in [0.3, 0.4) is 0 Å². The van der Waals surface area contributed by atoms with Crippen LogP contribution in [0.25, 0.3) is 5.65 Å². The lowest BCUT2D eigenvalue weighted by atomic mass is 10.2. The lowest BCUT2D eigenvalue weighted by Crippen LogP contribution is -2.24. The lowest BCUT2D eigenvalue weighted by molar-refractivity contribution is 0.172. The molecule has 0 aliphatic heterocycles. The van der Waals surface area contributed by atoms with Gasteiger partial charge in [-0.05, 0) is 19.1 Å². The third-order valence-corrected chi connectivity index (χ3v) is 4.41. The van der Waals surface area contributed by atoms with Crippen LogP contribution in [0.1, 0.15) is 18.7 Å². The van der Waals surface area contributed by atoms with Crippen molar-refractivity contribution in [2.24, 2.45) is 0 Å². The van der Waals surface area contributed by atoms with Crippen LogP contribution in [0.15, 0.2) is 30.6 Å². The Bertz CT molecular complexity index is 600. The van der Waals surface area contributed by atoms with Crippen LogP contribution in [-0.4, -0.2) is 34.4 Å². The van der Waals surface area contributed by atoms with E-state index in [2.05, 4.69) is 4.98 Å². The van der Waals surface area contributed by atoms with Crippen LogP contribution >= 0.6 is 0 Å². The molecule has 0 fully saturated rings. The molecule has 6 heteroatoms. The molecule has 2 aromatic heterocycles. The fourth-order valence-corrected chi connectivity index (χ4v) is 2.18. The van der Waals surface area contributed by atoms with E-state index in [1.165, 1.54) is 6.92 Å². The zero-order valence-electron chi connectivity index (χ0n) is 9.61. The number of hydrogen-bond acceptors (Lipinski definition) is 4. The molecule has 0 unspecified atom stereocenters. The topological polar surface area (TPSA) is 71.7 Å². The van der Waals surface area contributed by atoms with Crippen molar-refractivity contribution in [3.05, 3.63) is 36.3 Å². The number of aliphatic hydroxyl groups is 1. The smallest absolute Gasteiger partial charge is 0.152 e. The van der Waals surface area contributed by atoms with E-state index in [1.54, 1.807) is 22.9 Å². The molecule has 0 aromatic carbocycles. The molecular weight excluding hydrogens is 240 g/mol. The van der Waals surface area contributed by atoms with Gasteiger partial charge in [0.1, 0.15) is 11.8 Å². The number of aromatic nitrogens is 2. The normalized spacial score (nSPS) is 15.9. The Hall–Kier alpha value is -1.40. The fraction of sp³-hybridized carbons (Fsp3) is 0.364. The molecule has 5 nitrogen and oxygen atoms in total. The lowest BCUT2D eigenvalue weighted by Gasteiger charge is -2.14. The summed E-state index contributed by atoms with van der Waals surface area (Å²) in [4.78, 5) is 4.20. The van der Waals surface area contributed by atoms with Gasteiger partial charge in [-0.1, -0.05) is 6.07 Å². The molecule has 2 aromatic rings. The standard InChI is InChI=1S/C11H14N2O3S/c1-8(17(2,15)16)11(14)9-7-13-6-4-3-5-10(13)12-9/h3-8,11,14H,1-2H3/t8-,11+/m1/s1. The number of hydrogen-bond donors (Lipinski definition) is 1. The maximum absolute atomic E-state index is 11.4. The number of rotatable bonds is 3. The Labute approximate surface area is 99.6 Å². The Morgan fingerprint density at radius 1 is 1.41 bits per heavy atom. The number of sulfone groups is 1. The van der Waals surface area contributed by atoms with Crippen molar-refractivity contribution in [3.8, 4) is 0 Å². The molecule has 0 aliphatic rings. The van der Waals surface area contributed by atoms with E-state index in [1.807, 2.05) is 12.1 Å². The van der Waals surface area contributed by atoms with Crippen molar-refractivity contribution in [3.63, 3.8) is 0 Å². The Morgan fingerprint density at radius 3 is 2.71 bits per heavy atom. The Balaban J connectivity index is 2.40. The van der Waals surface area contributed by atoms with Gasteiger partial charge in [0.2, 0.25) is 0 Å². The van der Waals surface area contributed by atoms with Crippen LogP contribution in [-0.2, 0) is 9.84 Å². The second-order valence-corrected chi connectivity index (χ2v) is 6.51. The molecule has 0 saturated carbocycles. The molecule has 2 rings (SSSR count). The molecule has 0 amide bonds. The number of imidazole rings is 1. The molecule has 0 radical (unpaired) electrons. The molecule has 1 N–H and O–H groups in total. The van der Waals surface area contributed by atoms with Gasteiger partial charge in [0.15, 0.2) is 9.84 Å². The van der Waals surface area contributed by atoms with Gasteiger partial charge in [-0.3, -0.25) is 0 Å². The van der Waals surface area contributed by atoms with Crippen molar-refractivity contribution in [2.45, 2.75) is 18.3 Å². The molecule has 17 heavy (non-hydrogen) atoms. The first-order valence-electron chi connectivity index (χ1n) is 5.20. The summed E-state index contributed by atoms with van der Waals surface area (Å²) < 4.78 is 24.5. The molecule has 2 atom stereocenters. The minimum atomic E-state index is -3.29. The third kappa shape index (κ3) is 2.32. The zero-order chi connectivity index (χ0) is 12.6. The van der Waals surface area contributed by atoms with Gasteiger partial charge < -0.3 is 9.51 Å². The highest BCUT2D eigenvalue weighted by Crippen LogP contribution is 2.21. The predicted octanol–water partition coefficient (Wildman–Crippen LogP) is 0.801. The highest BCUT2D eigenvalue weighted by molar-refractivity contribution is 7.91. The summed E-state index contributed by atoms with van der Waals surface area (Å²) in [6.07, 6.45) is 3.44. The average molecular weight is 254 g/mol. The summed E-state index contributed by atoms with van der Waals surface area (Å²) in [5, 5.41) is 9.10. The molecular formula is C11H14N2O3S. The van der Waals surface area contributed by atoms with Crippen molar-refractivity contribution in [1.82, 2.24) is 9.38 Å². The minimum Gasteiger partial charge on any atom is -0.385 e. The molecule has 2 heterocycles. The van der Waals surface area contributed by atoms with Crippen molar-refractivity contribution < 1.29 is 13.5 Å². The van der Waals surface area contributed by atoms with E-state index in [4.69, 9.17) is 0 Å². The highest BCUT2D eigenvalue weighted by Gasteiger charge is 2.27. The van der Waals surface area contributed by atoms with Crippen LogP contribution < -0.4 is 0 Å². The molecule has 92 valence electrons. The van der Waals surface area contributed by atoms with Crippen LogP contribution in [0.2, 0.25) is 0 Å². The second-order valence-electron chi connectivity index (χ2n) is 4.11. The molecule has 0 saturated heterocycles. The van der Waals surface area contributed by atoms with Crippen molar-refractivity contribution in [1.29, 1.82) is 0 Å². The first-order valence-corrected chi connectivity index (χ1v) is 7.15. The summed E-state index contributed by atoms with van der Waals surface area (Å²) in [6, 6.07) is 5.46. The SMILES string of the molecule is C[C@H]([C@H](O)c1cn2ccccc2n1)S(C)(=O)=O. The molecule has 0 aliphatic carbocycles. The Kier molecular flexibility index (Phi) is 2.92. The predicted molar refractivity (Wildman–Crippen MR) is 64.5 cm³/mol. The summed E-state index contributed by atoms with van der Waals surface area (Å²) in [6.45, 7) is 1.48. The van der Waals surface area contributed by atoms with E-state index in [0.717, 1.165) is 6.26 Å². The van der Waals surface area contributed by atoms with Gasteiger partial charge in [-0.2, -0.15) is 0 Å². The first kappa shape index (κ1) is 12.1. The summed E-state index contributed by atoms with van der Waals surface area (Å²) in [5.41, 5.74) is 1.05. The summed E-state index contributed by atoms with van der Waals surface area (Å²) in [5.74, 6) is 0. The van der Waals surface area contributed by atoms with Gasteiger partial charge in [0.25, 0.3) is 0 Å². The van der Waals surface area contributed by atoms with E-state index in [-0.39, 0.29) is 0 Å². The van der Waals surface area contributed by atoms with E-state index >= 15 is 0 Å². The van der Waals surface area contributed by atoms with Gasteiger partial charge >= 0.3 is 0 Å². The number of pyridine rings is 1. The van der Waals surface area contributed by atoms with E-state index < -0.39 is 21.2 Å². The minimum absolute atomic E-state index is 0.370. The van der Waals surface area contributed by atoms with E-state index in [0.29, 0.717) is 11.3 Å².